The van der Waals surface area contributed by atoms with E-state index in [0.717, 1.165) is 32.5 Å². The van der Waals surface area contributed by atoms with E-state index in [1.165, 1.54) is 0 Å². The molecule has 11 nitrogen and oxygen atoms in total. The molecule has 0 spiro atoms. The molecule has 3 heterocycles. The number of aliphatic hydroxyl groups is 4. The first-order valence-corrected chi connectivity index (χ1v) is 12.1. The van der Waals surface area contributed by atoms with E-state index in [9.17, 15) is 20.4 Å². The van der Waals surface area contributed by atoms with Gasteiger partial charge >= 0.3 is 0 Å². The predicted octanol–water partition coefficient (Wildman–Crippen LogP) is -2.11. The molecule has 0 amide bonds. The maximum absolute atomic E-state index is 11.6. The molecule has 33 heavy (non-hydrogen) atoms. The van der Waals surface area contributed by atoms with Crippen molar-refractivity contribution in [2.45, 2.75) is 80.7 Å². The van der Waals surface area contributed by atoms with Crippen molar-refractivity contribution in [3.63, 3.8) is 0 Å². The Hall–Kier alpha value is -0.440. The lowest BCUT2D eigenvalue weighted by atomic mass is 9.82. The quantitative estimate of drug-likeness (QED) is 0.164. The van der Waals surface area contributed by atoms with Crippen LogP contribution in [0.4, 0.5) is 0 Å². The maximum Gasteiger partial charge on any atom is 0.249 e. The lowest BCUT2D eigenvalue weighted by Crippen LogP contribution is -2.77. The maximum atomic E-state index is 11.6. The number of hydrogen-bond donors (Lipinski definition) is 7. The molecule has 0 aliphatic carbocycles. The smallest absolute Gasteiger partial charge is 0.249 e. The zero-order valence-corrected chi connectivity index (χ0v) is 20.0. The summed E-state index contributed by atoms with van der Waals surface area (Å²) in [5.74, 6) is -1.60. The molecule has 0 bridgehead atoms. The minimum Gasteiger partial charge on any atom is -0.394 e. The number of aliphatic hydroxyl groups excluding tert-OH is 2. The van der Waals surface area contributed by atoms with Crippen molar-refractivity contribution < 1.29 is 39.4 Å². The largest absolute Gasteiger partial charge is 0.394 e. The minimum atomic E-state index is -2.18. The van der Waals surface area contributed by atoms with Gasteiger partial charge < -0.3 is 55.3 Å². The Bertz CT molecular complexity index is 598. The van der Waals surface area contributed by atoms with Gasteiger partial charge in [-0.2, -0.15) is 0 Å². The van der Waals surface area contributed by atoms with Crippen molar-refractivity contribution >= 4 is 0 Å². The molecule has 194 valence electrons. The molecule has 0 aromatic rings. The Balaban J connectivity index is 1.72. The highest BCUT2D eigenvalue weighted by atomic mass is 16.8. The van der Waals surface area contributed by atoms with Crippen molar-refractivity contribution in [2.75, 3.05) is 53.6 Å². The van der Waals surface area contributed by atoms with Crippen LogP contribution in [0, 0.1) is 5.92 Å². The number of fused-ring (bicyclic) bond motifs is 1. The van der Waals surface area contributed by atoms with Crippen molar-refractivity contribution in [3.8, 4) is 0 Å². The molecule has 0 radical (unpaired) electrons. The summed E-state index contributed by atoms with van der Waals surface area (Å²) in [4.78, 5) is 0. The summed E-state index contributed by atoms with van der Waals surface area (Å²) >= 11 is 0. The van der Waals surface area contributed by atoms with E-state index in [1.54, 1.807) is 21.0 Å². The molecule has 0 aromatic carbocycles. The summed E-state index contributed by atoms with van der Waals surface area (Å²) in [6, 6.07) is -0.676. The Morgan fingerprint density at radius 2 is 1.85 bits per heavy atom. The summed E-state index contributed by atoms with van der Waals surface area (Å²) in [5, 5.41) is 53.0. The standard InChI is InChI=1S/C22H43N3O8/c1-14-10-21(28,13-25-7-4-15-5-8-30-9-6-15)22(29)20(31-14)32-17(12-26)19(33-22)18(24-3)16(27)11-23-2/h14-20,23-29H,4-13H2,1-3H3. The Kier molecular flexibility index (Phi) is 9.87. The fourth-order valence-corrected chi connectivity index (χ4v) is 5.20. The van der Waals surface area contributed by atoms with Gasteiger partial charge in [-0.25, -0.2) is 0 Å². The second kappa shape index (κ2) is 12.0. The van der Waals surface area contributed by atoms with E-state index >= 15 is 0 Å². The first kappa shape index (κ1) is 27.2. The van der Waals surface area contributed by atoms with Gasteiger partial charge in [-0.05, 0) is 52.7 Å². The second-order valence-corrected chi connectivity index (χ2v) is 9.61. The molecule has 8 unspecified atom stereocenters. The van der Waals surface area contributed by atoms with Crippen LogP contribution in [-0.2, 0) is 18.9 Å². The monoisotopic (exact) mass is 477 g/mol. The van der Waals surface area contributed by atoms with Crippen LogP contribution in [0.25, 0.3) is 0 Å². The number of nitrogens with one attached hydrogen (secondary N) is 3. The Labute approximate surface area is 196 Å². The first-order chi connectivity index (χ1) is 15.8. The van der Waals surface area contributed by atoms with Gasteiger partial charge in [0.05, 0.1) is 24.9 Å². The van der Waals surface area contributed by atoms with Crippen LogP contribution in [-0.4, -0.2) is 122 Å². The topological polar surface area (TPSA) is 154 Å². The van der Waals surface area contributed by atoms with Gasteiger partial charge in [-0.3, -0.25) is 0 Å². The van der Waals surface area contributed by atoms with Gasteiger partial charge in [-0.15, -0.1) is 0 Å². The van der Waals surface area contributed by atoms with Crippen LogP contribution in [0.2, 0.25) is 0 Å². The van der Waals surface area contributed by atoms with Gasteiger partial charge in [0, 0.05) is 32.7 Å². The van der Waals surface area contributed by atoms with E-state index in [-0.39, 0.29) is 19.5 Å². The fourth-order valence-electron chi connectivity index (χ4n) is 5.20. The molecule has 8 atom stereocenters. The van der Waals surface area contributed by atoms with E-state index in [4.69, 9.17) is 18.9 Å². The molecular weight excluding hydrogens is 434 g/mol. The number of rotatable bonds is 11. The van der Waals surface area contributed by atoms with Gasteiger partial charge in [-0.1, -0.05) is 0 Å². The lowest BCUT2D eigenvalue weighted by molar-refractivity contribution is -0.475. The van der Waals surface area contributed by atoms with Crippen LogP contribution in [0.5, 0.6) is 0 Å². The van der Waals surface area contributed by atoms with E-state index in [0.29, 0.717) is 12.5 Å². The Morgan fingerprint density at radius 1 is 1.12 bits per heavy atom. The summed E-state index contributed by atoms with van der Waals surface area (Å²) in [7, 11) is 3.36. The Morgan fingerprint density at radius 3 is 2.48 bits per heavy atom. The van der Waals surface area contributed by atoms with Crippen molar-refractivity contribution in [3.05, 3.63) is 0 Å². The van der Waals surface area contributed by atoms with E-state index in [1.807, 2.05) is 0 Å². The molecule has 3 aliphatic rings. The van der Waals surface area contributed by atoms with Crippen LogP contribution in [0.3, 0.4) is 0 Å². The van der Waals surface area contributed by atoms with Gasteiger partial charge in [0.15, 0.2) is 0 Å². The predicted molar refractivity (Wildman–Crippen MR) is 119 cm³/mol. The van der Waals surface area contributed by atoms with Crippen LogP contribution in [0.15, 0.2) is 0 Å². The summed E-state index contributed by atoms with van der Waals surface area (Å²) in [6.45, 7) is 4.00. The number of likely N-dealkylation sites (N-methyl/N-ethyl adjacent to an activating group) is 2. The summed E-state index contributed by atoms with van der Waals surface area (Å²) in [6.07, 6.45) is -1.22. The van der Waals surface area contributed by atoms with Crippen molar-refractivity contribution in [2.24, 2.45) is 5.92 Å². The second-order valence-electron chi connectivity index (χ2n) is 9.61. The normalized spacial score (nSPS) is 39.7. The van der Waals surface area contributed by atoms with Crippen LogP contribution < -0.4 is 16.0 Å². The van der Waals surface area contributed by atoms with Gasteiger partial charge in [0.2, 0.25) is 12.1 Å². The molecule has 11 heteroatoms. The van der Waals surface area contributed by atoms with Gasteiger partial charge in [0.25, 0.3) is 0 Å². The molecule has 7 N–H and O–H groups in total. The molecule has 0 saturated carbocycles. The lowest BCUT2D eigenvalue weighted by Gasteiger charge is -2.57. The SMILES string of the molecule is CNCC(O)C(NC)C1OC2(O)C(OC(C)CC2(O)CNCCC2CCOCC2)OC1CO. The molecule has 3 rings (SSSR count). The third-order valence-corrected chi connectivity index (χ3v) is 7.13. The molecular formula is C22H43N3O8. The van der Waals surface area contributed by atoms with Crippen molar-refractivity contribution in [1.29, 1.82) is 0 Å². The fraction of sp³-hybridized carbons (Fsp3) is 1.00. The third-order valence-electron chi connectivity index (χ3n) is 7.13. The minimum absolute atomic E-state index is 0.0834. The van der Waals surface area contributed by atoms with E-state index in [2.05, 4.69) is 16.0 Å². The zero-order valence-electron chi connectivity index (χ0n) is 20.0. The average Bonchev–Trinajstić information content (AvgIpc) is 2.79. The molecule has 0 aromatic heterocycles. The summed E-state index contributed by atoms with van der Waals surface area (Å²) < 4.78 is 23.2. The zero-order chi connectivity index (χ0) is 24.1. The summed E-state index contributed by atoms with van der Waals surface area (Å²) in [5.41, 5.74) is -1.70. The average molecular weight is 478 g/mol. The third kappa shape index (κ3) is 6.04. The van der Waals surface area contributed by atoms with Gasteiger partial charge in [0.1, 0.15) is 17.8 Å². The van der Waals surface area contributed by atoms with Crippen molar-refractivity contribution in [1.82, 2.24) is 16.0 Å². The first-order valence-electron chi connectivity index (χ1n) is 12.1. The number of hydrogen-bond acceptors (Lipinski definition) is 11. The molecule has 3 aliphatic heterocycles. The highest BCUT2D eigenvalue weighted by Gasteiger charge is 2.66. The van der Waals surface area contributed by atoms with Crippen LogP contribution >= 0.6 is 0 Å². The molecule has 3 saturated heterocycles. The highest BCUT2D eigenvalue weighted by molar-refractivity contribution is 5.07. The number of ether oxygens (including phenoxy) is 4. The highest BCUT2D eigenvalue weighted by Crippen LogP contribution is 2.44. The van der Waals surface area contributed by atoms with Crippen LogP contribution in [0.1, 0.15) is 32.6 Å². The van der Waals surface area contributed by atoms with E-state index < -0.39 is 54.7 Å². The molecule has 3 fully saturated rings.